The SMILES string of the molecule is O=C(CO)NC[C@@H](O)CO. The molecule has 0 fully saturated rings. The largest absolute Gasteiger partial charge is 0.394 e. The van der Waals surface area contributed by atoms with Gasteiger partial charge in [-0.15, -0.1) is 0 Å². The minimum absolute atomic E-state index is 0.0319. The Morgan fingerprint density at radius 1 is 1.50 bits per heavy atom. The molecule has 0 spiro atoms. The third-order valence-electron chi connectivity index (χ3n) is 0.889. The molecule has 10 heavy (non-hydrogen) atoms. The number of carbonyl (C=O) groups excluding carboxylic acids is 1. The van der Waals surface area contributed by atoms with E-state index in [1.165, 1.54) is 0 Å². The highest BCUT2D eigenvalue weighted by molar-refractivity contribution is 5.76. The van der Waals surface area contributed by atoms with Gasteiger partial charge in [-0.2, -0.15) is 0 Å². The van der Waals surface area contributed by atoms with Crippen molar-refractivity contribution in [3.8, 4) is 0 Å². The fourth-order valence-electron chi connectivity index (χ4n) is 0.352. The predicted octanol–water partition coefficient (Wildman–Crippen LogP) is -2.55. The van der Waals surface area contributed by atoms with Crippen molar-refractivity contribution in [1.82, 2.24) is 5.32 Å². The van der Waals surface area contributed by atoms with Crippen LogP contribution in [0.2, 0.25) is 0 Å². The number of carbonyl (C=O) groups is 1. The molecule has 0 unspecified atom stereocenters. The van der Waals surface area contributed by atoms with E-state index in [2.05, 4.69) is 5.32 Å². The number of rotatable bonds is 4. The van der Waals surface area contributed by atoms with Crippen LogP contribution >= 0.6 is 0 Å². The van der Waals surface area contributed by atoms with Crippen molar-refractivity contribution in [3.63, 3.8) is 0 Å². The second kappa shape index (κ2) is 5.16. The molecule has 1 amide bonds. The Hall–Kier alpha value is -0.650. The smallest absolute Gasteiger partial charge is 0.245 e. The Balaban J connectivity index is 3.26. The zero-order valence-electron chi connectivity index (χ0n) is 5.45. The van der Waals surface area contributed by atoms with Crippen LogP contribution in [0.1, 0.15) is 0 Å². The molecule has 0 aromatic rings. The van der Waals surface area contributed by atoms with E-state index in [0.717, 1.165) is 0 Å². The maximum atomic E-state index is 10.3. The van der Waals surface area contributed by atoms with Gasteiger partial charge in [-0.3, -0.25) is 4.79 Å². The number of hydrogen-bond donors (Lipinski definition) is 4. The Morgan fingerprint density at radius 3 is 2.50 bits per heavy atom. The minimum Gasteiger partial charge on any atom is -0.394 e. The lowest BCUT2D eigenvalue weighted by molar-refractivity contribution is -0.124. The van der Waals surface area contributed by atoms with Gasteiger partial charge in [-0.25, -0.2) is 0 Å². The summed E-state index contributed by atoms with van der Waals surface area (Å²) in [6.07, 6.45) is -0.949. The summed E-state index contributed by atoms with van der Waals surface area (Å²) in [6.45, 7) is -1.03. The lowest BCUT2D eigenvalue weighted by atomic mass is 10.4. The van der Waals surface area contributed by atoms with Crippen LogP contribution in [-0.4, -0.2) is 47.1 Å². The molecular formula is C5H11NO4. The fraction of sp³-hybridized carbons (Fsp3) is 0.800. The zero-order chi connectivity index (χ0) is 7.98. The van der Waals surface area contributed by atoms with Gasteiger partial charge in [0, 0.05) is 6.54 Å². The first-order valence-corrected chi connectivity index (χ1v) is 2.87. The van der Waals surface area contributed by atoms with E-state index < -0.39 is 25.2 Å². The Kier molecular flexibility index (Phi) is 4.82. The molecule has 4 N–H and O–H groups in total. The van der Waals surface area contributed by atoms with Crippen molar-refractivity contribution in [3.05, 3.63) is 0 Å². The normalized spacial score (nSPS) is 12.7. The lowest BCUT2D eigenvalue weighted by Gasteiger charge is -2.06. The number of amides is 1. The summed E-state index contributed by atoms with van der Waals surface area (Å²) in [6, 6.07) is 0. The van der Waals surface area contributed by atoms with E-state index in [-0.39, 0.29) is 6.54 Å². The van der Waals surface area contributed by atoms with Crippen molar-refractivity contribution in [1.29, 1.82) is 0 Å². The van der Waals surface area contributed by atoms with E-state index in [1.807, 2.05) is 0 Å². The van der Waals surface area contributed by atoms with Gasteiger partial charge in [-0.1, -0.05) is 0 Å². The lowest BCUT2D eigenvalue weighted by Crippen LogP contribution is -2.35. The maximum Gasteiger partial charge on any atom is 0.245 e. The van der Waals surface area contributed by atoms with Crippen LogP contribution < -0.4 is 5.32 Å². The molecule has 0 bridgehead atoms. The maximum absolute atomic E-state index is 10.3. The van der Waals surface area contributed by atoms with Gasteiger partial charge in [0.05, 0.1) is 12.7 Å². The molecule has 0 rings (SSSR count). The summed E-state index contributed by atoms with van der Waals surface area (Å²) in [5, 5.41) is 27.3. The van der Waals surface area contributed by atoms with E-state index >= 15 is 0 Å². The summed E-state index contributed by atoms with van der Waals surface area (Å²) in [5.41, 5.74) is 0. The van der Waals surface area contributed by atoms with Crippen molar-refractivity contribution in [2.45, 2.75) is 6.10 Å². The number of aliphatic hydroxyl groups excluding tert-OH is 3. The Bertz CT molecular complexity index is 106. The van der Waals surface area contributed by atoms with Gasteiger partial charge in [-0.05, 0) is 0 Å². The van der Waals surface area contributed by atoms with Crippen LogP contribution in [0.15, 0.2) is 0 Å². The van der Waals surface area contributed by atoms with Crippen molar-refractivity contribution in [2.24, 2.45) is 0 Å². The molecule has 0 saturated heterocycles. The van der Waals surface area contributed by atoms with E-state index in [4.69, 9.17) is 15.3 Å². The highest BCUT2D eigenvalue weighted by atomic mass is 16.3. The summed E-state index contributed by atoms with van der Waals surface area (Å²) in [5.74, 6) is -0.562. The molecule has 1 atom stereocenters. The highest BCUT2D eigenvalue weighted by Gasteiger charge is 2.02. The van der Waals surface area contributed by atoms with Crippen LogP contribution in [-0.2, 0) is 4.79 Å². The predicted molar refractivity (Wildman–Crippen MR) is 33.2 cm³/mol. The minimum atomic E-state index is -0.949. The van der Waals surface area contributed by atoms with Gasteiger partial charge >= 0.3 is 0 Å². The topological polar surface area (TPSA) is 89.8 Å². The van der Waals surface area contributed by atoms with Crippen molar-refractivity contribution < 1.29 is 20.1 Å². The van der Waals surface area contributed by atoms with Crippen LogP contribution in [0.3, 0.4) is 0 Å². The van der Waals surface area contributed by atoms with Crippen molar-refractivity contribution in [2.75, 3.05) is 19.8 Å². The van der Waals surface area contributed by atoms with Gasteiger partial charge in [0.1, 0.15) is 6.61 Å². The zero-order valence-corrected chi connectivity index (χ0v) is 5.45. The van der Waals surface area contributed by atoms with Crippen molar-refractivity contribution >= 4 is 5.91 Å². The molecule has 0 radical (unpaired) electrons. The van der Waals surface area contributed by atoms with Gasteiger partial charge in [0.15, 0.2) is 0 Å². The summed E-state index contributed by atoms with van der Waals surface area (Å²) in [7, 11) is 0. The van der Waals surface area contributed by atoms with Gasteiger partial charge < -0.3 is 20.6 Å². The van der Waals surface area contributed by atoms with Crippen LogP contribution in [0.5, 0.6) is 0 Å². The molecule has 0 heterocycles. The molecule has 0 aromatic carbocycles. The standard InChI is InChI=1S/C5H11NO4/c7-2-4(9)1-6-5(10)3-8/h4,7-9H,1-3H2,(H,6,10)/t4-/m1/s1. The molecule has 5 heteroatoms. The second-order valence-electron chi connectivity index (χ2n) is 1.80. The van der Waals surface area contributed by atoms with E-state index in [0.29, 0.717) is 0 Å². The first-order valence-electron chi connectivity index (χ1n) is 2.87. The molecule has 60 valence electrons. The van der Waals surface area contributed by atoms with Crippen LogP contribution in [0, 0.1) is 0 Å². The van der Waals surface area contributed by atoms with Gasteiger partial charge in [0.2, 0.25) is 5.91 Å². The quantitative estimate of drug-likeness (QED) is 0.354. The van der Waals surface area contributed by atoms with E-state index in [1.54, 1.807) is 0 Å². The first kappa shape index (κ1) is 9.35. The average molecular weight is 149 g/mol. The van der Waals surface area contributed by atoms with E-state index in [9.17, 15) is 4.79 Å². The summed E-state index contributed by atoms with van der Waals surface area (Å²) < 4.78 is 0. The summed E-state index contributed by atoms with van der Waals surface area (Å²) >= 11 is 0. The highest BCUT2D eigenvalue weighted by Crippen LogP contribution is 1.75. The number of aliphatic hydroxyl groups is 3. The number of nitrogens with one attached hydrogen (secondary N) is 1. The first-order chi connectivity index (χ1) is 4.70. The monoisotopic (exact) mass is 149 g/mol. The molecule has 0 aliphatic heterocycles. The third kappa shape index (κ3) is 4.25. The van der Waals surface area contributed by atoms with Crippen LogP contribution in [0.4, 0.5) is 0 Å². The second-order valence-corrected chi connectivity index (χ2v) is 1.80. The molecule has 0 aromatic heterocycles. The molecule has 5 nitrogen and oxygen atoms in total. The fourth-order valence-corrected chi connectivity index (χ4v) is 0.352. The average Bonchev–Trinajstić information content (AvgIpc) is 1.99. The number of hydrogen-bond acceptors (Lipinski definition) is 4. The Labute approximate surface area is 58.3 Å². The third-order valence-corrected chi connectivity index (χ3v) is 0.889. The molecule has 0 aliphatic carbocycles. The molecule has 0 aliphatic rings. The van der Waals surface area contributed by atoms with Gasteiger partial charge in [0.25, 0.3) is 0 Å². The summed E-state index contributed by atoms with van der Waals surface area (Å²) in [4.78, 5) is 10.3. The van der Waals surface area contributed by atoms with Crippen LogP contribution in [0.25, 0.3) is 0 Å². The molecule has 0 saturated carbocycles. The Morgan fingerprint density at radius 2 is 2.10 bits per heavy atom. The molecular weight excluding hydrogens is 138 g/mol.